The van der Waals surface area contributed by atoms with E-state index in [1.54, 1.807) is 12.1 Å². The van der Waals surface area contributed by atoms with E-state index in [9.17, 15) is 9.59 Å². The first-order chi connectivity index (χ1) is 16.0. The van der Waals surface area contributed by atoms with Crippen molar-refractivity contribution < 1.29 is 9.59 Å². The number of halogens is 2. The predicted molar refractivity (Wildman–Crippen MR) is 139 cm³/mol. The van der Waals surface area contributed by atoms with Gasteiger partial charge in [0.05, 0.1) is 16.5 Å². The molecule has 0 spiro atoms. The number of anilines is 2. The molecular formula is C24H23Cl2N3O2S2. The number of rotatable bonds is 7. The van der Waals surface area contributed by atoms with Crippen LogP contribution in [0.3, 0.4) is 0 Å². The van der Waals surface area contributed by atoms with Crippen LogP contribution in [0.5, 0.6) is 0 Å². The first kappa shape index (κ1) is 24.1. The fraction of sp³-hybridized carbons (Fsp3) is 0.292. The van der Waals surface area contributed by atoms with Crippen LogP contribution in [0.15, 0.2) is 52.7 Å². The second-order valence-electron chi connectivity index (χ2n) is 7.85. The minimum atomic E-state index is -0.141. The zero-order valence-corrected chi connectivity index (χ0v) is 20.9. The highest BCUT2D eigenvalue weighted by Gasteiger charge is 2.21. The van der Waals surface area contributed by atoms with Gasteiger partial charge in [0, 0.05) is 32.5 Å². The van der Waals surface area contributed by atoms with E-state index in [0.29, 0.717) is 20.9 Å². The zero-order valence-electron chi connectivity index (χ0n) is 17.8. The van der Waals surface area contributed by atoms with Gasteiger partial charge in [-0.1, -0.05) is 42.5 Å². The van der Waals surface area contributed by atoms with Crippen molar-refractivity contribution in [1.29, 1.82) is 0 Å². The van der Waals surface area contributed by atoms with Crippen LogP contribution in [0.4, 0.5) is 10.8 Å². The molecule has 0 atom stereocenters. The number of nitrogens with zero attached hydrogens (tertiary/aromatic N) is 1. The monoisotopic (exact) mass is 519 g/mol. The van der Waals surface area contributed by atoms with E-state index < -0.39 is 0 Å². The van der Waals surface area contributed by atoms with E-state index in [1.807, 2.05) is 35.7 Å². The first-order valence-corrected chi connectivity index (χ1v) is 13.3. The van der Waals surface area contributed by atoms with Crippen LogP contribution in [-0.4, -0.2) is 22.6 Å². The summed E-state index contributed by atoms with van der Waals surface area (Å²) in [6, 6.07) is 12.8. The number of hydrogen-bond donors (Lipinski definition) is 2. The molecule has 2 aromatic carbocycles. The highest BCUT2D eigenvalue weighted by atomic mass is 35.5. The topological polar surface area (TPSA) is 71.1 Å². The lowest BCUT2D eigenvalue weighted by Crippen LogP contribution is -2.24. The van der Waals surface area contributed by atoms with Crippen molar-refractivity contribution in [2.45, 2.75) is 37.0 Å². The first-order valence-electron chi connectivity index (χ1n) is 10.7. The van der Waals surface area contributed by atoms with Crippen LogP contribution in [0.2, 0.25) is 10.0 Å². The molecule has 33 heavy (non-hydrogen) atoms. The Morgan fingerprint density at radius 3 is 2.52 bits per heavy atom. The molecule has 4 rings (SSSR count). The summed E-state index contributed by atoms with van der Waals surface area (Å²) < 4.78 is 0. The largest absolute Gasteiger partial charge is 0.326 e. The number of carbonyl (C=O) groups is 2. The van der Waals surface area contributed by atoms with Gasteiger partial charge >= 0.3 is 0 Å². The number of benzene rings is 2. The van der Waals surface area contributed by atoms with Gasteiger partial charge < -0.3 is 10.6 Å². The quantitative estimate of drug-likeness (QED) is 0.319. The van der Waals surface area contributed by atoms with Crippen LogP contribution >= 0.6 is 46.3 Å². The van der Waals surface area contributed by atoms with Crippen molar-refractivity contribution in [2.75, 3.05) is 16.4 Å². The van der Waals surface area contributed by atoms with Gasteiger partial charge in [-0.3, -0.25) is 9.59 Å². The number of carbonyl (C=O) groups excluding carboxylic acids is 2. The Balaban J connectivity index is 1.26. The Morgan fingerprint density at radius 2 is 1.79 bits per heavy atom. The summed E-state index contributed by atoms with van der Waals surface area (Å²) in [7, 11) is 0. The third kappa shape index (κ3) is 6.73. The molecule has 1 aromatic heterocycles. The fourth-order valence-electron chi connectivity index (χ4n) is 3.70. The van der Waals surface area contributed by atoms with E-state index >= 15 is 0 Å². The Hall–Kier alpha value is -2.06. The van der Waals surface area contributed by atoms with Crippen molar-refractivity contribution in [3.63, 3.8) is 0 Å². The lowest BCUT2D eigenvalue weighted by atomic mass is 9.88. The smallest absolute Gasteiger partial charge is 0.236 e. The number of aromatic nitrogens is 1. The molecule has 1 fully saturated rings. The Morgan fingerprint density at radius 1 is 1.03 bits per heavy atom. The van der Waals surface area contributed by atoms with Gasteiger partial charge in [-0.15, -0.1) is 23.1 Å². The van der Waals surface area contributed by atoms with Gasteiger partial charge in [0.15, 0.2) is 5.13 Å². The zero-order chi connectivity index (χ0) is 23.2. The summed E-state index contributed by atoms with van der Waals surface area (Å²) in [5, 5.41) is 9.27. The second-order valence-corrected chi connectivity index (χ2v) is 10.6. The number of hydrogen-bond acceptors (Lipinski definition) is 5. The lowest BCUT2D eigenvalue weighted by molar-refractivity contribution is -0.120. The molecule has 1 heterocycles. The molecule has 0 aliphatic heterocycles. The Kier molecular flexibility index (Phi) is 8.30. The number of thioether (sulfide) groups is 1. The van der Waals surface area contributed by atoms with E-state index in [4.69, 9.17) is 23.2 Å². The van der Waals surface area contributed by atoms with E-state index in [0.717, 1.165) is 41.8 Å². The normalized spacial score (nSPS) is 14.1. The van der Waals surface area contributed by atoms with Gasteiger partial charge in [-0.05, 0) is 55.3 Å². The van der Waals surface area contributed by atoms with Crippen molar-refractivity contribution in [3.05, 3.63) is 57.9 Å². The van der Waals surface area contributed by atoms with Crippen LogP contribution in [0, 0.1) is 5.92 Å². The Bertz CT molecular complexity index is 1130. The van der Waals surface area contributed by atoms with Gasteiger partial charge in [0.25, 0.3) is 0 Å². The molecule has 0 radical (unpaired) electrons. The molecule has 172 valence electrons. The molecule has 2 N–H and O–H groups in total. The van der Waals surface area contributed by atoms with E-state index in [1.165, 1.54) is 29.5 Å². The number of thiazole rings is 1. The molecule has 2 amide bonds. The van der Waals surface area contributed by atoms with Gasteiger partial charge in [-0.2, -0.15) is 0 Å². The van der Waals surface area contributed by atoms with E-state index in [2.05, 4.69) is 15.6 Å². The SMILES string of the molecule is O=C(CSc1ccc(NC(=O)C2CCCCC2)cc1)Nc1nc(-c2ccc(Cl)cc2Cl)cs1. The molecule has 0 saturated heterocycles. The molecule has 9 heteroatoms. The van der Waals surface area contributed by atoms with Crippen LogP contribution < -0.4 is 10.6 Å². The maximum absolute atomic E-state index is 12.4. The highest BCUT2D eigenvalue weighted by Crippen LogP contribution is 2.32. The molecule has 3 aromatic rings. The van der Waals surface area contributed by atoms with Crippen LogP contribution in [-0.2, 0) is 9.59 Å². The standard InChI is InChI=1S/C24H23Cl2N3O2S2/c25-16-6-11-19(20(26)12-16)21-13-33-24(28-21)29-22(30)14-32-18-9-7-17(8-10-18)27-23(31)15-4-2-1-3-5-15/h6-13,15H,1-5,14H2,(H,27,31)(H,28,29,30). The average molecular weight is 521 g/mol. The van der Waals surface area contributed by atoms with Crippen LogP contribution in [0.25, 0.3) is 11.3 Å². The molecule has 1 aliphatic carbocycles. The van der Waals surface area contributed by atoms with Gasteiger partial charge in [0.2, 0.25) is 11.8 Å². The number of amides is 2. The predicted octanol–water partition coefficient (Wildman–Crippen LogP) is 7.37. The second kappa shape index (κ2) is 11.4. The highest BCUT2D eigenvalue weighted by molar-refractivity contribution is 8.00. The van der Waals surface area contributed by atoms with Crippen molar-refractivity contribution in [1.82, 2.24) is 4.98 Å². The third-order valence-corrected chi connectivity index (χ3v) is 7.74. The molecule has 5 nitrogen and oxygen atoms in total. The minimum Gasteiger partial charge on any atom is -0.326 e. The maximum Gasteiger partial charge on any atom is 0.236 e. The fourth-order valence-corrected chi connectivity index (χ4v) is 5.63. The molecular weight excluding hydrogens is 497 g/mol. The molecule has 0 bridgehead atoms. The average Bonchev–Trinajstić information content (AvgIpc) is 3.27. The lowest BCUT2D eigenvalue weighted by Gasteiger charge is -2.20. The van der Waals surface area contributed by atoms with Crippen LogP contribution in [0.1, 0.15) is 32.1 Å². The van der Waals surface area contributed by atoms with Crippen molar-refractivity contribution >= 4 is 68.9 Å². The Labute approximate surface area is 211 Å². The number of nitrogens with one attached hydrogen (secondary N) is 2. The van der Waals surface area contributed by atoms with E-state index in [-0.39, 0.29) is 23.5 Å². The summed E-state index contributed by atoms with van der Waals surface area (Å²) >= 11 is 15.0. The summed E-state index contributed by atoms with van der Waals surface area (Å²) in [5.41, 5.74) is 2.24. The summed E-state index contributed by atoms with van der Waals surface area (Å²) in [6.07, 6.45) is 5.44. The summed E-state index contributed by atoms with van der Waals surface area (Å²) in [5.74, 6) is 0.346. The minimum absolute atomic E-state index is 0.109. The third-order valence-electron chi connectivity index (χ3n) is 5.43. The summed E-state index contributed by atoms with van der Waals surface area (Å²) in [4.78, 5) is 30.1. The molecule has 1 saturated carbocycles. The summed E-state index contributed by atoms with van der Waals surface area (Å²) in [6.45, 7) is 0. The van der Waals surface area contributed by atoms with Gasteiger partial charge in [0.1, 0.15) is 0 Å². The van der Waals surface area contributed by atoms with Crippen molar-refractivity contribution in [3.8, 4) is 11.3 Å². The molecule has 1 aliphatic rings. The maximum atomic E-state index is 12.4. The molecule has 0 unspecified atom stereocenters. The van der Waals surface area contributed by atoms with Gasteiger partial charge in [-0.25, -0.2) is 4.98 Å². The van der Waals surface area contributed by atoms with Crippen molar-refractivity contribution in [2.24, 2.45) is 5.92 Å².